The highest BCUT2D eigenvalue weighted by Crippen LogP contribution is 2.50. The van der Waals surface area contributed by atoms with Crippen LogP contribution in [0.25, 0.3) is 11.0 Å². The predicted octanol–water partition coefficient (Wildman–Crippen LogP) is 5.25. The number of nitrogens with zero attached hydrogens (tertiary/aromatic N) is 1. The third kappa shape index (κ3) is 2.44. The van der Waals surface area contributed by atoms with E-state index in [1.165, 1.54) is 4.90 Å². The lowest BCUT2D eigenvalue weighted by molar-refractivity contribution is 0.258. The van der Waals surface area contributed by atoms with Crippen LogP contribution in [0.1, 0.15) is 22.8 Å². The van der Waals surface area contributed by atoms with Gasteiger partial charge in [-0.05, 0) is 36.4 Å². The van der Waals surface area contributed by atoms with Crippen molar-refractivity contribution in [3.8, 4) is 11.5 Å². The Hall–Kier alpha value is -3.12. The number of thioether (sulfide) groups is 1. The second-order valence-electron chi connectivity index (χ2n) is 6.59. The lowest BCUT2D eigenvalue weighted by Gasteiger charge is -2.12. The maximum Gasteiger partial charge on any atom is 0.196 e. The Morgan fingerprint density at radius 1 is 0.889 bits per heavy atom. The van der Waals surface area contributed by atoms with Crippen molar-refractivity contribution in [3.05, 3.63) is 78.1 Å². The fraction of sp³-hybridized carbons (Fsp3) is 0.0952. The molecule has 27 heavy (non-hydrogen) atoms. The summed E-state index contributed by atoms with van der Waals surface area (Å²) in [6.07, 6.45) is 1.49. The van der Waals surface area contributed by atoms with Crippen molar-refractivity contribution < 1.29 is 9.47 Å². The van der Waals surface area contributed by atoms with Gasteiger partial charge in [-0.1, -0.05) is 36.0 Å². The number of aromatic amines is 1. The zero-order valence-electron chi connectivity index (χ0n) is 14.2. The van der Waals surface area contributed by atoms with Gasteiger partial charge in [0.15, 0.2) is 11.7 Å². The van der Waals surface area contributed by atoms with Gasteiger partial charge in [0.25, 0.3) is 0 Å². The number of H-pyrrole nitrogens is 1. The molecule has 2 unspecified atom stereocenters. The summed E-state index contributed by atoms with van der Waals surface area (Å²) in [5.41, 5.74) is 5.06. The Labute approximate surface area is 159 Å². The van der Waals surface area contributed by atoms with Crippen molar-refractivity contribution in [2.75, 3.05) is 5.32 Å². The number of hydrogen-bond donors (Lipinski definition) is 2. The molecule has 0 saturated carbocycles. The summed E-state index contributed by atoms with van der Waals surface area (Å²) in [6, 6.07) is 20.5. The Morgan fingerprint density at radius 2 is 1.81 bits per heavy atom. The molecule has 3 heterocycles. The van der Waals surface area contributed by atoms with Crippen molar-refractivity contribution in [2.45, 2.75) is 16.6 Å². The summed E-state index contributed by atoms with van der Waals surface area (Å²) in [5, 5.41) is 3.44. The summed E-state index contributed by atoms with van der Waals surface area (Å²) < 4.78 is 12.3. The molecule has 2 atom stereocenters. The van der Waals surface area contributed by atoms with Crippen LogP contribution in [0, 0.1) is 0 Å². The molecule has 6 heteroatoms. The van der Waals surface area contributed by atoms with Crippen LogP contribution in [0.4, 0.5) is 5.69 Å². The minimum absolute atomic E-state index is 0.0447. The van der Waals surface area contributed by atoms with Crippen molar-refractivity contribution in [1.29, 1.82) is 0 Å². The average Bonchev–Trinajstić information content (AvgIpc) is 3.42. The van der Waals surface area contributed by atoms with E-state index in [1.54, 1.807) is 18.1 Å². The number of fused-ring (bicyclic) bond motifs is 3. The zero-order valence-corrected chi connectivity index (χ0v) is 15.0. The molecule has 0 spiro atoms. The molecule has 2 N–H and O–H groups in total. The summed E-state index contributed by atoms with van der Waals surface area (Å²) in [7, 11) is 0. The molecule has 2 aliphatic rings. The first-order valence-electron chi connectivity index (χ1n) is 8.76. The number of ether oxygens (including phenoxy) is 2. The van der Waals surface area contributed by atoms with E-state index in [9.17, 15) is 0 Å². The molecule has 2 aliphatic heterocycles. The predicted molar refractivity (Wildman–Crippen MR) is 105 cm³/mol. The van der Waals surface area contributed by atoms with Gasteiger partial charge in [-0.2, -0.15) is 0 Å². The molecule has 0 saturated heterocycles. The molecule has 3 aromatic carbocycles. The Bertz CT molecular complexity index is 1150. The number of imidazole rings is 1. The smallest absolute Gasteiger partial charge is 0.196 e. The number of benzene rings is 3. The topological polar surface area (TPSA) is 59.2 Å². The molecular formula is C21H15N3O2S. The van der Waals surface area contributed by atoms with E-state index in [0.717, 1.165) is 39.3 Å². The van der Waals surface area contributed by atoms with Gasteiger partial charge < -0.3 is 19.8 Å². The molecular weight excluding hydrogens is 358 g/mol. The van der Waals surface area contributed by atoms with Crippen LogP contribution in [0.15, 0.2) is 71.9 Å². The first-order valence-corrected chi connectivity index (χ1v) is 9.64. The number of aromatic nitrogens is 2. The molecule has 6 rings (SSSR count). The van der Waals surface area contributed by atoms with Gasteiger partial charge in [0.05, 0.1) is 27.9 Å². The first-order chi connectivity index (χ1) is 13.3. The van der Waals surface area contributed by atoms with Crippen LogP contribution >= 0.6 is 11.8 Å². The summed E-state index contributed by atoms with van der Waals surface area (Å²) >= 11 is 1.73. The minimum Gasteiger partial charge on any atom is -0.473 e. The van der Waals surface area contributed by atoms with Crippen LogP contribution in [-0.2, 0) is 0 Å². The van der Waals surface area contributed by atoms with E-state index in [0.29, 0.717) is 0 Å². The second kappa shape index (κ2) is 5.69. The molecule has 0 aliphatic carbocycles. The molecule has 132 valence electrons. The van der Waals surface area contributed by atoms with Crippen LogP contribution < -0.4 is 14.8 Å². The maximum atomic E-state index is 6.19. The first kappa shape index (κ1) is 15.0. The number of para-hydroxylation sites is 1. The van der Waals surface area contributed by atoms with Gasteiger partial charge in [0, 0.05) is 11.1 Å². The van der Waals surface area contributed by atoms with Gasteiger partial charge in [0.2, 0.25) is 0 Å². The van der Waals surface area contributed by atoms with E-state index >= 15 is 0 Å². The number of nitrogens with one attached hydrogen (secondary N) is 2. The highest BCUT2D eigenvalue weighted by atomic mass is 32.2. The molecule has 1 aromatic heterocycles. The van der Waals surface area contributed by atoms with E-state index < -0.39 is 0 Å². The van der Waals surface area contributed by atoms with E-state index in [4.69, 9.17) is 9.47 Å². The van der Waals surface area contributed by atoms with Crippen LogP contribution in [-0.4, -0.2) is 9.97 Å². The molecule has 0 bridgehead atoms. The normalized spacial score (nSPS) is 19.9. The molecule has 5 nitrogen and oxygen atoms in total. The van der Waals surface area contributed by atoms with Gasteiger partial charge in [-0.3, -0.25) is 0 Å². The van der Waals surface area contributed by atoms with Crippen LogP contribution in [0.2, 0.25) is 0 Å². The molecule has 0 fully saturated rings. The standard InChI is InChI=1S/C21H15N3O2S/c1-2-4-19-17(3-1)26-21(27-19)13-6-8-15-18(10-13)25-20(24-15)12-5-7-14-16(9-12)23-11-22-14/h1-11,20-21,24H,(H,22,23). The van der Waals surface area contributed by atoms with Crippen molar-refractivity contribution in [3.63, 3.8) is 0 Å². The molecule has 0 amide bonds. The lowest BCUT2D eigenvalue weighted by Crippen LogP contribution is -2.09. The molecule has 0 radical (unpaired) electrons. The average molecular weight is 373 g/mol. The van der Waals surface area contributed by atoms with E-state index in [-0.39, 0.29) is 11.7 Å². The summed E-state index contributed by atoms with van der Waals surface area (Å²) in [6.45, 7) is 0. The van der Waals surface area contributed by atoms with Gasteiger partial charge in [-0.25, -0.2) is 4.98 Å². The maximum absolute atomic E-state index is 6.19. The Balaban J connectivity index is 1.27. The SMILES string of the molecule is c1ccc2c(c1)OC(c1ccc3c(c1)OC(c1ccc4nc[nH]c4c1)N3)S2. The van der Waals surface area contributed by atoms with Crippen molar-refractivity contribution >= 4 is 28.5 Å². The number of hydrogen-bond acceptors (Lipinski definition) is 5. The lowest BCUT2D eigenvalue weighted by atomic mass is 10.1. The van der Waals surface area contributed by atoms with Gasteiger partial charge in [-0.15, -0.1) is 0 Å². The van der Waals surface area contributed by atoms with Crippen LogP contribution in [0.3, 0.4) is 0 Å². The number of rotatable bonds is 2. The highest BCUT2D eigenvalue weighted by Gasteiger charge is 2.29. The van der Waals surface area contributed by atoms with Crippen molar-refractivity contribution in [1.82, 2.24) is 9.97 Å². The second-order valence-corrected chi connectivity index (χ2v) is 7.69. The zero-order chi connectivity index (χ0) is 17.8. The fourth-order valence-corrected chi connectivity index (χ4v) is 4.56. The van der Waals surface area contributed by atoms with Crippen molar-refractivity contribution in [2.24, 2.45) is 0 Å². The summed E-state index contributed by atoms with van der Waals surface area (Å²) in [4.78, 5) is 8.59. The third-order valence-corrected chi connectivity index (χ3v) is 6.05. The van der Waals surface area contributed by atoms with Gasteiger partial charge >= 0.3 is 0 Å². The highest BCUT2D eigenvalue weighted by molar-refractivity contribution is 7.99. The molecule has 4 aromatic rings. The van der Waals surface area contributed by atoms with Crippen LogP contribution in [0.5, 0.6) is 11.5 Å². The summed E-state index contributed by atoms with van der Waals surface area (Å²) in [5.74, 6) is 1.79. The van der Waals surface area contributed by atoms with E-state index in [2.05, 4.69) is 45.6 Å². The monoisotopic (exact) mass is 373 g/mol. The van der Waals surface area contributed by atoms with Gasteiger partial charge in [0.1, 0.15) is 11.5 Å². The van der Waals surface area contributed by atoms with E-state index in [1.807, 2.05) is 30.3 Å². The third-order valence-electron chi connectivity index (χ3n) is 4.87. The fourth-order valence-electron chi connectivity index (χ4n) is 3.50. The Kier molecular flexibility index (Phi) is 3.16. The Morgan fingerprint density at radius 3 is 2.78 bits per heavy atom. The quantitative estimate of drug-likeness (QED) is 0.503. The minimum atomic E-state index is -0.211. The largest absolute Gasteiger partial charge is 0.473 e. The number of anilines is 1.